The van der Waals surface area contributed by atoms with Gasteiger partial charge in [0.15, 0.2) is 0 Å². The molecule has 0 heterocycles. The summed E-state index contributed by atoms with van der Waals surface area (Å²) in [5, 5.41) is 3.60. The Hall–Kier alpha value is -0.820. The zero-order valence-corrected chi connectivity index (χ0v) is 13.3. The Balaban J connectivity index is 1.91. The zero-order valence-electron chi connectivity index (χ0n) is 13.3. The highest BCUT2D eigenvalue weighted by Crippen LogP contribution is 2.35. The number of aryl methyl sites for hydroxylation is 1. The van der Waals surface area contributed by atoms with E-state index in [0.717, 1.165) is 5.92 Å². The van der Waals surface area contributed by atoms with E-state index in [4.69, 9.17) is 0 Å². The van der Waals surface area contributed by atoms with Gasteiger partial charge >= 0.3 is 0 Å². The van der Waals surface area contributed by atoms with E-state index in [2.05, 4.69) is 43.6 Å². The summed E-state index contributed by atoms with van der Waals surface area (Å²) < 4.78 is 0. The molecule has 0 aliphatic heterocycles. The predicted molar refractivity (Wildman–Crippen MR) is 88.3 cm³/mol. The molecule has 0 amide bonds. The Kier molecular flexibility index (Phi) is 6.59. The summed E-state index contributed by atoms with van der Waals surface area (Å²) in [7, 11) is 2.15. The zero-order chi connectivity index (χ0) is 14.2. The van der Waals surface area contributed by atoms with Gasteiger partial charge in [-0.3, -0.25) is 0 Å². The summed E-state index contributed by atoms with van der Waals surface area (Å²) in [6.45, 7) is 2.29. The molecule has 20 heavy (non-hydrogen) atoms. The highest BCUT2D eigenvalue weighted by molar-refractivity contribution is 5.33. The first-order valence-corrected chi connectivity index (χ1v) is 8.62. The van der Waals surface area contributed by atoms with Crippen LogP contribution in [0.1, 0.15) is 75.3 Å². The molecule has 0 saturated carbocycles. The van der Waals surface area contributed by atoms with Gasteiger partial charge in [0.05, 0.1) is 0 Å². The molecular formula is C19H31N. The Morgan fingerprint density at radius 1 is 1.15 bits per heavy atom. The van der Waals surface area contributed by atoms with E-state index < -0.39 is 0 Å². The van der Waals surface area contributed by atoms with Crippen molar-refractivity contribution < 1.29 is 0 Å². The number of hydrogen-bond acceptors (Lipinski definition) is 1. The number of unbranched alkanes of at least 4 members (excludes halogenated alkanes) is 4. The normalized spacial score (nSPS) is 19.6. The number of benzene rings is 1. The third-order valence-electron chi connectivity index (χ3n) is 4.89. The first kappa shape index (κ1) is 15.6. The summed E-state index contributed by atoms with van der Waals surface area (Å²) in [4.78, 5) is 0. The van der Waals surface area contributed by atoms with Gasteiger partial charge in [0, 0.05) is 6.04 Å². The lowest BCUT2D eigenvalue weighted by molar-refractivity contribution is 0.380. The minimum Gasteiger partial charge on any atom is -0.316 e. The highest BCUT2D eigenvalue weighted by Gasteiger charge is 2.26. The lowest BCUT2D eigenvalue weighted by Gasteiger charge is -2.32. The molecule has 1 nitrogen and oxygen atoms in total. The van der Waals surface area contributed by atoms with E-state index in [1.165, 1.54) is 57.8 Å². The van der Waals surface area contributed by atoms with Crippen molar-refractivity contribution in [3.05, 3.63) is 35.4 Å². The van der Waals surface area contributed by atoms with E-state index in [1.807, 2.05) is 0 Å². The molecule has 1 N–H and O–H groups in total. The SMILES string of the molecule is CCCCCCCC(NC)C1CCCc2ccccc21. The molecule has 1 aromatic rings. The topological polar surface area (TPSA) is 12.0 Å². The first-order chi connectivity index (χ1) is 9.86. The second-order valence-corrected chi connectivity index (χ2v) is 6.30. The summed E-state index contributed by atoms with van der Waals surface area (Å²) in [5.74, 6) is 0.733. The van der Waals surface area contributed by atoms with Gasteiger partial charge in [0.1, 0.15) is 0 Å². The average Bonchev–Trinajstić information content (AvgIpc) is 2.51. The summed E-state index contributed by atoms with van der Waals surface area (Å²) in [6, 6.07) is 9.76. The van der Waals surface area contributed by atoms with Crippen molar-refractivity contribution in [2.45, 2.75) is 76.7 Å². The second-order valence-electron chi connectivity index (χ2n) is 6.30. The Morgan fingerprint density at radius 3 is 2.75 bits per heavy atom. The minimum absolute atomic E-state index is 0.665. The van der Waals surface area contributed by atoms with Gasteiger partial charge in [-0.15, -0.1) is 0 Å². The molecule has 0 spiro atoms. The fraction of sp³-hybridized carbons (Fsp3) is 0.684. The molecule has 2 unspecified atom stereocenters. The van der Waals surface area contributed by atoms with Crippen LogP contribution in [0.15, 0.2) is 24.3 Å². The number of fused-ring (bicyclic) bond motifs is 1. The van der Waals surface area contributed by atoms with Crippen LogP contribution in [-0.4, -0.2) is 13.1 Å². The molecule has 1 aromatic carbocycles. The average molecular weight is 273 g/mol. The second kappa shape index (κ2) is 8.46. The maximum absolute atomic E-state index is 3.60. The number of rotatable bonds is 8. The molecule has 2 rings (SSSR count). The molecule has 1 aliphatic carbocycles. The molecule has 1 aliphatic rings. The van der Waals surface area contributed by atoms with Gasteiger partial charge in [-0.1, -0.05) is 63.3 Å². The quantitative estimate of drug-likeness (QED) is 0.653. The number of nitrogens with one attached hydrogen (secondary N) is 1. The molecule has 0 radical (unpaired) electrons. The standard InChI is InChI=1S/C19H31N/c1-3-4-5-6-7-15-19(20-2)18-14-10-12-16-11-8-9-13-17(16)18/h8-9,11,13,18-20H,3-7,10,12,14-15H2,1-2H3. The van der Waals surface area contributed by atoms with E-state index in [1.54, 1.807) is 11.1 Å². The lowest BCUT2D eigenvalue weighted by atomic mass is 9.77. The van der Waals surface area contributed by atoms with Crippen molar-refractivity contribution in [2.24, 2.45) is 0 Å². The molecule has 0 aromatic heterocycles. The van der Waals surface area contributed by atoms with Crippen LogP contribution in [0, 0.1) is 0 Å². The van der Waals surface area contributed by atoms with Crippen LogP contribution in [0.3, 0.4) is 0 Å². The van der Waals surface area contributed by atoms with Crippen LogP contribution in [0.2, 0.25) is 0 Å². The van der Waals surface area contributed by atoms with Gasteiger partial charge in [-0.25, -0.2) is 0 Å². The molecule has 2 atom stereocenters. The fourth-order valence-corrected chi connectivity index (χ4v) is 3.72. The van der Waals surface area contributed by atoms with Crippen molar-refractivity contribution >= 4 is 0 Å². The van der Waals surface area contributed by atoms with Crippen LogP contribution in [0.5, 0.6) is 0 Å². The molecule has 0 bridgehead atoms. The monoisotopic (exact) mass is 273 g/mol. The lowest BCUT2D eigenvalue weighted by Crippen LogP contribution is -2.34. The van der Waals surface area contributed by atoms with Gasteiger partial charge in [-0.05, 0) is 49.8 Å². The van der Waals surface area contributed by atoms with Crippen LogP contribution >= 0.6 is 0 Å². The molecular weight excluding hydrogens is 242 g/mol. The van der Waals surface area contributed by atoms with Gasteiger partial charge < -0.3 is 5.32 Å². The summed E-state index contributed by atoms with van der Waals surface area (Å²) in [5.41, 5.74) is 3.21. The van der Waals surface area contributed by atoms with Crippen LogP contribution in [0.25, 0.3) is 0 Å². The van der Waals surface area contributed by atoms with E-state index in [-0.39, 0.29) is 0 Å². The fourth-order valence-electron chi connectivity index (χ4n) is 3.72. The van der Waals surface area contributed by atoms with Crippen molar-refractivity contribution in [1.82, 2.24) is 5.32 Å². The third kappa shape index (κ3) is 4.09. The van der Waals surface area contributed by atoms with Crippen molar-refractivity contribution in [2.75, 3.05) is 7.05 Å². The molecule has 1 heteroatoms. The van der Waals surface area contributed by atoms with Crippen molar-refractivity contribution in [1.29, 1.82) is 0 Å². The largest absolute Gasteiger partial charge is 0.316 e. The minimum atomic E-state index is 0.665. The maximum atomic E-state index is 3.60. The van der Waals surface area contributed by atoms with Gasteiger partial charge in [-0.2, -0.15) is 0 Å². The molecule has 0 saturated heterocycles. The van der Waals surface area contributed by atoms with Gasteiger partial charge in [0.25, 0.3) is 0 Å². The summed E-state index contributed by atoms with van der Waals surface area (Å²) in [6.07, 6.45) is 12.3. The van der Waals surface area contributed by atoms with Crippen molar-refractivity contribution in [3.63, 3.8) is 0 Å². The smallest absolute Gasteiger partial charge is 0.0133 e. The third-order valence-corrected chi connectivity index (χ3v) is 4.89. The first-order valence-electron chi connectivity index (χ1n) is 8.62. The van der Waals surface area contributed by atoms with E-state index in [0.29, 0.717) is 6.04 Å². The Bertz CT molecular complexity index is 385. The highest BCUT2D eigenvalue weighted by atomic mass is 14.9. The molecule has 0 fully saturated rings. The maximum Gasteiger partial charge on any atom is 0.0133 e. The molecule has 112 valence electrons. The van der Waals surface area contributed by atoms with Crippen LogP contribution in [-0.2, 0) is 6.42 Å². The Labute approximate surface area is 125 Å². The predicted octanol–water partition coefficient (Wildman–Crippen LogP) is 5.06. The number of hydrogen-bond donors (Lipinski definition) is 1. The summed E-state index contributed by atoms with van der Waals surface area (Å²) >= 11 is 0. The van der Waals surface area contributed by atoms with E-state index >= 15 is 0 Å². The van der Waals surface area contributed by atoms with Crippen LogP contribution in [0.4, 0.5) is 0 Å². The van der Waals surface area contributed by atoms with Crippen LogP contribution < -0.4 is 5.32 Å². The van der Waals surface area contributed by atoms with E-state index in [9.17, 15) is 0 Å². The number of likely N-dealkylation sites (N-methyl/N-ethyl adjacent to an activating group) is 1. The van der Waals surface area contributed by atoms with Crippen molar-refractivity contribution in [3.8, 4) is 0 Å². The Morgan fingerprint density at radius 2 is 1.95 bits per heavy atom. The van der Waals surface area contributed by atoms with Gasteiger partial charge in [0.2, 0.25) is 0 Å².